The molecular weight excluding hydrogens is 224 g/mol. The van der Waals surface area contributed by atoms with E-state index in [1.165, 1.54) is 36.3 Å². The first kappa shape index (κ1) is 11.9. The largest absolute Gasteiger partial charge is 0.355 e. The summed E-state index contributed by atoms with van der Waals surface area (Å²) in [5, 5.41) is 3.46. The summed E-state index contributed by atoms with van der Waals surface area (Å²) in [5.41, 5.74) is 2.73. The quantitative estimate of drug-likeness (QED) is 0.814. The number of rotatable bonds is 1. The van der Waals surface area contributed by atoms with Crippen LogP contribution in [0.1, 0.15) is 36.3 Å². The van der Waals surface area contributed by atoms with Gasteiger partial charge < -0.3 is 10.2 Å². The summed E-state index contributed by atoms with van der Waals surface area (Å²) in [6.07, 6.45) is 6.08. The Balaban J connectivity index is 1.96. The normalized spacial score (nSPS) is 20.4. The minimum Gasteiger partial charge on any atom is -0.355 e. The molecule has 1 aromatic heterocycles. The van der Waals surface area contributed by atoms with E-state index < -0.39 is 0 Å². The second-order valence-electron chi connectivity index (χ2n) is 5.32. The summed E-state index contributed by atoms with van der Waals surface area (Å²) in [4.78, 5) is 11.8. The molecule has 4 nitrogen and oxygen atoms in total. The van der Waals surface area contributed by atoms with Gasteiger partial charge in [-0.3, -0.25) is 0 Å². The topological polar surface area (TPSA) is 41.1 Å². The minimum absolute atomic E-state index is 0.933. The SMILES string of the molecule is Cc1nc2c(c(N3CCCNCC3)n1)CCCC2. The summed E-state index contributed by atoms with van der Waals surface area (Å²) in [7, 11) is 0. The van der Waals surface area contributed by atoms with Crippen molar-refractivity contribution in [3.05, 3.63) is 17.1 Å². The average molecular weight is 246 g/mol. The number of nitrogens with zero attached hydrogens (tertiary/aromatic N) is 3. The van der Waals surface area contributed by atoms with Crippen LogP contribution in [0.25, 0.3) is 0 Å². The summed E-state index contributed by atoms with van der Waals surface area (Å²) in [6, 6.07) is 0. The maximum atomic E-state index is 4.74. The van der Waals surface area contributed by atoms with Crippen LogP contribution in [0.2, 0.25) is 0 Å². The zero-order valence-corrected chi connectivity index (χ0v) is 11.2. The van der Waals surface area contributed by atoms with Crippen LogP contribution in [0, 0.1) is 6.92 Å². The van der Waals surface area contributed by atoms with Gasteiger partial charge in [0.15, 0.2) is 0 Å². The van der Waals surface area contributed by atoms with Crippen molar-refractivity contribution in [2.75, 3.05) is 31.1 Å². The first-order valence-corrected chi connectivity index (χ1v) is 7.16. The van der Waals surface area contributed by atoms with E-state index in [9.17, 15) is 0 Å². The van der Waals surface area contributed by atoms with Crippen molar-refractivity contribution in [3.8, 4) is 0 Å². The van der Waals surface area contributed by atoms with Gasteiger partial charge in [-0.15, -0.1) is 0 Å². The van der Waals surface area contributed by atoms with Crippen LogP contribution in [0.5, 0.6) is 0 Å². The number of hydrogen-bond acceptors (Lipinski definition) is 4. The second kappa shape index (κ2) is 5.22. The van der Waals surface area contributed by atoms with Crippen molar-refractivity contribution >= 4 is 5.82 Å². The molecule has 1 fully saturated rings. The number of fused-ring (bicyclic) bond motifs is 1. The van der Waals surface area contributed by atoms with Crippen molar-refractivity contribution < 1.29 is 0 Å². The van der Waals surface area contributed by atoms with Gasteiger partial charge in [0.2, 0.25) is 0 Å². The zero-order valence-electron chi connectivity index (χ0n) is 11.2. The third-order valence-corrected chi connectivity index (χ3v) is 3.91. The van der Waals surface area contributed by atoms with E-state index in [-0.39, 0.29) is 0 Å². The summed E-state index contributed by atoms with van der Waals surface area (Å²) < 4.78 is 0. The Bertz CT molecular complexity index is 422. The van der Waals surface area contributed by atoms with E-state index in [1.807, 2.05) is 6.92 Å². The molecule has 0 atom stereocenters. The predicted octanol–water partition coefficient (Wildman–Crippen LogP) is 1.46. The first-order valence-electron chi connectivity index (χ1n) is 7.16. The monoisotopic (exact) mass is 246 g/mol. The Hall–Kier alpha value is -1.16. The van der Waals surface area contributed by atoms with E-state index >= 15 is 0 Å². The van der Waals surface area contributed by atoms with E-state index in [0.29, 0.717) is 0 Å². The predicted molar refractivity (Wildman–Crippen MR) is 73.1 cm³/mol. The van der Waals surface area contributed by atoms with Crippen LogP contribution >= 0.6 is 0 Å². The third-order valence-electron chi connectivity index (χ3n) is 3.91. The zero-order chi connectivity index (χ0) is 12.4. The second-order valence-corrected chi connectivity index (χ2v) is 5.32. The lowest BCUT2D eigenvalue weighted by Gasteiger charge is -2.27. The van der Waals surface area contributed by atoms with Gasteiger partial charge in [0, 0.05) is 30.9 Å². The van der Waals surface area contributed by atoms with E-state index in [2.05, 4.69) is 15.2 Å². The van der Waals surface area contributed by atoms with Crippen LogP contribution in [-0.4, -0.2) is 36.1 Å². The molecule has 1 aromatic rings. The van der Waals surface area contributed by atoms with Crippen LogP contribution in [0.15, 0.2) is 0 Å². The molecule has 18 heavy (non-hydrogen) atoms. The Morgan fingerprint density at radius 3 is 2.83 bits per heavy atom. The molecule has 0 radical (unpaired) electrons. The maximum Gasteiger partial charge on any atom is 0.135 e. The maximum absolute atomic E-state index is 4.74. The number of nitrogens with one attached hydrogen (secondary N) is 1. The molecule has 0 amide bonds. The highest BCUT2D eigenvalue weighted by Gasteiger charge is 2.21. The summed E-state index contributed by atoms with van der Waals surface area (Å²) >= 11 is 0. The summed E-state index contributed by atoms with van der Waals surface area (Å²) in [6.45, 7) is 6.41. The molecule has 1 saturated heterocycles. The molecule has 98 valence electrons. The van der Waals surface area contributed by atoms with Gasteiger partial charge >= 0.3 is 0 Å². The van der Waals surface area contributed by atoms with E-state index in [0.717, 1.165) is 44.8 Å². The highest BCUT2D eigenvalue weighted by Crippen LogP contribution is 2.28. The van der Waals surface area contributed by atoms with Crippen LogP contribution in [-0.2, 0) is 12.8 Å². The van der Waals surface area contributed by atoms with Crippen molar-refractivity contribution in [2.24, 2.45) is 0 Å². The third kappa shape index (κ3) is 2.34. The van der Waals surface area contributed by atoms with Crippen molar-refractivity contribution in [2.45, 2.75) is 39.0 Å². The lowest BCUT2D eigenvalue weighted by Crippen LogP contribution is -2.30. The molecule has 2 heterocycles. The fourth-order valence-electron chi connectivity index (χ4n) is 3.01. The average Bonchev–Trinajstić information content (AvgIpc) is 2.66. The van der Waals surface area contributed by atoms with Gasteiger partial charge in [0.25, 0.3) is 0 Å². The molecule has 1 N–H and O–H groups in total. The standard InChI is InChI=1S/C14H22N4/c1-11-16-13-6-3-2-5-12(13)14(17-11)18-9-4-7-15-8-10-18/h15H,2-10H2,1H3. The smallest absolute Gasteiger partial charge is 0.135 e. The van der Waals surface area contributed by atoms with E-state index in [4.69, 9.17) is 4.98 Å². The van der Waals surface area contributed by atoms with Gasteiger partial charge in [-0.05, 0) is 45.6 Å². The molecule has 0 aromatic carbocycles. The van der Waals surface area contributed by atoms with Gasteiger partial charge in [-0.25, -0.2) is 9.97 Å². The minimum atomic E-state index is 0.933. The van der Waals surface area contributed by atoms with Crippen molar-refractivity contribution in [1.82, 2.24) is 15.3 Å². The van der Waals surface area contributed by atoms with Crippen molar-refractivity contribution in [3.63, 3.8) is 0 Å². The van der Waals surface area contributed by atoms with Crippen LogP contribution in [0.4, 0.5) is 5.82 Å². The fraction of sp³-hybridized carbons (Fsp3) is 0.714. The molecule has 1 aliphatic heterocycles. The number of aromatic nitrogens is 2. The number of hydrogen-bond donors (Lipinski definition) is 1. The van der Waals surface area contributed by atoms with Crippen molar-refractivity contribution in [1.29, 1.82) is 0 Å². The van der Waals surface area contributed by atoms with Crippen LogP contribution < -0.4 is 10.2 Å². The number of aryl methyl sites for hydroxylation is 2. The molecular formula is C14H22N4. The van der Waals surface area contributed by atoms with Gasteiger partial charge in [-0.2, -0.15) is 0 Å². The molecule has 1 aliphatic carbocycles. The highest BCUT2D eigenvalue weighted by atomic mass is 15.2. The Morgan fingerprint density at radius 2 is 1.89 bits per heavy atom. The molecule has 0 spiro atoms. The van der Waals surface area contributed by atoms with Gasteiger partial charge in [-0.1, -0.05) is 0 Å². The molecule has 4 heteroatoms. The number of anilines is 1. The molecule has 0 saturated carbocycles. The first-order chi connectivity index (χ1) is 8.84. The Kier molecular flexibility index (Phi) is 3.46. The lowest BCUT2D eigenvalue weighted by molar-refractivity contribution is 0.649. The molecule has 3 rings (SSSR count). The fourth-order valence-corrected chi connectivity index (χ4v) is 3.01. The van der Waals surface area contributed by atoms with E-state index in [1.54, 1.807) is 0 Å². The van der Waals surface area contributed by atoms with Gasteiger partial charge in [0.05, 0.1) is 0 Å². The van der Waals surface area contributed by atoms with Gasteiger partial charge in [0.1, 0.15) is 11.6 Å². The lowest BCUT2D eigenvalue weighted by atomic mass is 9.96. The van der Waals surface area contributed by atoms with Crippen LogP contribution in [0.3, 0.4) is 0 Å². The summed E-state index contributed by atoms with van der Waals surface area (Å²) in [5.74, 6) is 2.16. The Morgan fingerprint density at radius 1 is 1.00 bits per heavy atom. The Labute approximate surface area is 109 Å². The highest BCUT2D eigenvalue weighted by molar-refractivity contribution is 5.50. The molecule has 0 bridgehead atoms. The molecule has 2 aliphatic rings. The molecule has 0 unspecified atom stereocenters.